The van der Waals surface area contributed by atoms with E-state index in [-0.39, 0.29) is 28.4 Å². The summed E-state index contributed by atoms with van der Waals surface area (Å²) in [5, 5.41) is 9.34. The molecule has 1 aromatic carbocycles. The molecule has 1 aliphatic rings. The van der Waals surface area contributed by atoms with Gasteiger partial charge in [-0.3, -0.25) is 0 Å². The second-order valence-electron chi connectivity index (χ2n) is 4.78. The molecule has 23 heavy (non-hydrogen) atoms. The maximum absolute atomic E-state index is 13.6. The predicted molar refractivity (Wildman–Crippen MR) is 76.3 cm³/mol. The van der Waals surface area contributed by atoms with Crippen molar-refractivity contribution in [3.05, 3.63) is 58.2 Å². The Balaban J connectivity index is 2.71. The minimum Gasteiger partial charge on any atom is -0.466 e. The molecule has 120 valence electrons. The third kappa shape index (κ3) is 2.88. The zero-order valence-corrected chi connectivity index (χ0v) is 12.5. The van der Waals surface area contributed by atoms with Crippen molar-refractivity contribution in [3.63, 3.8) is 0 Å². The van der Waals surface area contributed by atoms with Crippen molar-refractivity contribution in [3.8, 4) is 6.07 Å². The summed E-state index contributed by atoms with van der Waals surface area (Å²) in [4.78, 5) is 12.1. The van der Waals surface area contributed by atoms with Gasteiger partial charge in [0.15, 0.2) is 11.6 Å². The number of carbonyl (C=O) groups is 1. The van der Waals surface area contributed by atoms with Gasteiger partial charge in [0.1, 0.15) is 17.4 Å². The van der Waals surface area contributed by atoms with Crippen LogP contribution in [0.3, 0.4) is 0 Å². The zero-order valence-electron chi connectivity index (χ0n) is 12.5. The molecule has 0 aromatic heterocycles. The molecule has 5 nitrogen and oxygen atoms in total. The first-order valence-electron chi connectivity index (χ1n) is 6.78. The van der Waals surface area contributed by atoms with Crippen LogP contribution in [-0.2, 0) is 14.3 Å². The molecule has 0 bridgehead atoms. The summed E-state index contributed by atoms with van der Waals surface area (Å²) in [6.07, 6.45) is 0.310. The van der Waals surface area contributed by atoms with Crippen LogP contribution in [0.2, 0.25) is 0 Å². The van der Waals surface area contributed by atoms with Gasteiger partial charge in [0.2, 0.25) is 5.88 Å². The maximum atomic E-state index is 13.6. The number of halogens is 2. The Morgan fingerprint density at radius 3 is 2.65 bits per heavy atom. The van der Waals surface area contributed by atoms with Crippen LogP contribution in [0.5, 0.6) is 0 Å². The summed E-state index contributed by atoms with van der Waals surface area (Å²) in [6, 6.07) is 4.99. The van der Waals surface area contributed by atoms with Gasteiger partial charge in [-0.05, 0) is 17.7 Å². The smallest absolute Gasteiger partial charge is 0.338 e. The fourth-order valence-electron chi connectivity index (χ4n) is 2.44. The van der Waals surface area contributed by atoms with Crippen molar-refractivity contribution >= 4 is 5.97 Å². The number of hydrogen-bond acceptors (Lipinski definition) is 5. The number of benzene rings is 1. The largest absolute Gasteiger partial charge is 0.466 e. The lowest BCUT2D eigenvalue weighted by atomic mass is 9.82. The van der Waals surface area contributed by atoms with E-state index >= 15 is 0 Å². The molecular weight excluding hydrogens is 306 g/mol. The van der Waals surface area contributed by atoms with Crippen LogP contribution in [-0.4, -0.2) is 13.1 Å². The lowest BCUT2D eigenvalue weighted by Gasteiger charge is -2.27. The number of nitrogens with two attached hydrogens (primary N) is 1. The Kier molecular flexibility index (Phi) is 4.65. The van der Waals surface area contributed by atoms with Gasteiger partial charge in [0.25, 0.3) is 0 Å². The van der Waals surface area contributed by atoms with Gasteiger partial charge in [-0.2, -0.15) is 5.26 Å². The summed E-state index contributed by atoms with van der Waals surface area (Å²) in [7, 11) is 1.18. The molecule has 0 fully saturated rings. The van der Waals surface area contributed by atoms with Crippen LogP contribution < -0.4 is 5.73 Å². The van der Waals surface area contributed by atoms with Crippen LogP contribution in [0.15, 0.2) is 41.0 Å². The Bertz CT molecular complexity index is 763. The first kappa shape index (κ1) is 16.5. The van der Waals surface area contributed by atoms with E-state index < -0.39 is 23.5 Å². The van der Waals surface area contributed by atoms with Gasteiger partial charge in [-0.25, -0.2) is 13.6 Å². The summed E-state index contributed by atoms with van der Waals surface area (Å²) in [5.41, 5.74) is 5.93. The Hall–Kier alpha value is -2.88. The fraction of sp³-hybridized carbons (Fsp3) is 0.250. The molecule has 1 aromatic rings. The molecule has 0 aliphatic carbocycles. The highest BCUT2D eigenvalue weighted by Crippen LogP contribution is 2.40. The maximum Gasteiger partial charge on any atom is 0.338 e. The van der Waals surface area contributed by atoms with Crippen LogP contribution in [0.4, 0.5) is 8.78 Å². The van der Waals surface area contributed by atoms with Gasteiger partial charge in [0.05, 0.1) is 18.6 Å². The minimum absolute atomic E-state index is 0.0479. The van der Waals surface area contributed by atoms with E-state index in [1.165, 1.54) is 13.2 Å². The summed E-state index contributed by atoms with van der Waals surface area (Å²) < 4.78 is 36.8. The van der Waals surface area contributed by atoms with Crippen molar-refractivity contribution in [1.82, 2.24) is 0 Å². The Morgan fingerprint density at radius 1 is 1.43 bits per heavy atom. The Labute approximate surface area is 131 Å². The van der Waals surface area contributed by atoms with Crippen LogP contribution >= 0.6 is 0 Å². The lowest BCUT2D eigenvalue weighted by molar-refractivity contribution is -0.136. The molecule has 1 heterocycles. The van der Waals surface area contributed by atoms with Crippen LogP contribution in [0.25, 0.3) is 0 Å². The van der Waals surface area contributed by atoms with Crippen molar-refractivity contribution in [2.75, 3.05) is 7.11 Å². The van der Waals surface area contributed by atoms with Crippen molar-refractivity contribution < 1.29 is 23.0 Å². The molecule has 0 amide bonds. The quantitative estimate of drug-likeness (QED) is 0.865. The number of carbonyl (C=O) groups excluding carboxylic acids is 1. The Morgan fingerprint density at radius 2 is 2.13 bits per heavy atom. The normalized spacial score (nSPS) is 17.6. The van der Waals surface area contributed by atoms with E-state index in [4.69, 9.17) is 15.2 Å². The molecular formula is C16H14F2N2O3. The van der Waals surface area contributed by atoms with Gasteiger partial charge in [0, 0.05) is 6.42 Å². The van der Waals surface area contributed by atoms with E-state index in [2.05, 4.69) is 0 Å². The predicted octanol–water partition coefficient (Wildman–Crippen LogP) is 2.61. The lowest BCUT2D eigenvalue weighted by Crippen LogP contribution is -2.25. The molecule has 1 aliphatic heterocycles. The van der Waals surface area contributed by atoms with Gasteiger partial charge < -0.3 is 15.2 Å². The zero-order chi connectivity index (χ0) is 17.1. The monoisotopic (exact) mass is 320 g/mol. The van der Waals surface area contributed by atoms with Gasteiger partial charge in [-0.15, -0.1) is 0 Å². The third-order valence-electron chi connectivity index (χ3n) is 3.50. The van der Waals surface area contributed by atoms with E-state index in [1.54, 1.807) is 6.92 Å². The molecule has 1 atom stereocenters. The second-order valence-corrected chi connectivity index (χ2v) is 4.78. The van der Waals surface area contributed by atoms with Gasteiger partial charge in [-0.1, -0.05) is 13.0 Å². The van der Waals surface area contributed by atoms with Crippen LogP contribution in [0.1, 0.15) is 24.8 Å². The van der Waals surface area contributed by atoms with E-state index in [9.17, 15) is 18.8 Å². The molecule has 0 spiro atoms. The average molecular weight is 320 g/mol. The summed E-state index contributed by atoms with van der Waals surface area (Å²) in [6.45, 7) is 1.73. The highest BCUT2D eigenvalue weighted by molar-refractivity contribution is 5.92. The molecule has 0 saturated heterocycles. The molecule has 0 radical (unpaired) electrons. The van der Waals surface area contributed by atoms with E-state index in [0.29, 0.717) is 6.42 Å². The minimum atomic E-state index is -1.09. The molecule has 0 saturated carbocycles. The third-order valence-corrected chi connectivity index (χ3v) is 3.50. The van der Waals surface area contributed by atoms with Gasteiger partial charge >= 0.3 is 5.97 Å². The fourth-order valence-corrected chi connectivity index (χ4v) is 2.44. The number of nitrogens with zero attached hydrogens (tertiary/aromatic N) is 1. The topological polar surface area (TPSA) is 85.3 Å². The summed E-state index contributed by atoms with van der Waals surface area (Å²) in [5.74, 6) is -3.78. The molecule has 2 rings (SSSR count). The number of rotatable bonds is 3. The van der Waals surface area contributed by atoms with Crippen molar-refractivity contribution in [2.24, 2.45) is 5.73 Å². The van der Waals surface area contributed by atoms with E-state index in [1.807, 2.05) is 6.07 Å². The number of ether oxygens (including phenoxy) is 2. The summed E-state index contributed by atoms with van der Waals surface area (Å²) >= 11 is 0. The second kappa shape index (κ2) is 6.48. The first-order chi connectivity index (χ1) is 10.9. The van der Waals surface area contributed by atoms with E-state index in [0.717, 1.165) is 12.1 Å². The SMILES string of the molecule is CCC1=C(C(=O)OC)C(c2ccc(F)c(F)c2)C(C#N)=C(N)O1. The highest BCUT2D eigenvalue weighted by Gasteiger charge is 2.37. The average Bonchev–Trinajstić information content (AvgIpc) is 2.55. The van der Waals surface area contributed by atoms with Crippen molar-refractivity contribution in [1.29, 1.82) is 5.26 Å². The number of esters is 1. The molecule has 1 unspecified atom stereocenters. The number of allylic oxidation sites excluding steroid dienone is 2. The highest BCUT2D eigenvalue weighted by atomic mass is 19.2. The first-order valence-corrected chi connectivity index (χ1v) is 6.78. The number of hydrogen-bond donors (Lipinski definition) is 1. The van der Waals surface area contributed by atoms with Crippen molar-refractivity contribution in [2.45, 2.75) is 19.3 Å². The molecule has 2 N–H and O–H groups in total. The molecule has 7 heteroatoms. The van der Waals surface area contributed by atoms with Crippen LogP contribution in [0, 0.1) is 23.0 Å². The number of nitriles is 1. The number of methoxy groups -OCH3 is 1. The standard InChI is InChI=1S/C16H14F2N2O3/c1-3-12-14(16(21)22-2)13(9(7-19)15(20)23-12)8-4-5-10(17)11(18)6-8/h4-6,13H,3,20H2,1-2H3.